The molecule has 2 aromatic heterocycles. The summed E-state index contributed by atoms with van der Waals surface area (Å²) in [4.78, 5) is 22.2. The third-order valence-electron chi connectivity index (χ3n) is 4.34. The molecular weight excluding hydrogens is 415 g/mol. The zero-order valence-electron chi connectivity index (χ0n) is 15.6. The molecule has 0 aliphatic heterocycles. The first kappa shape index (κ1) is 19.6. The SMILES string of the molecule is CCc1noc(C(C)Sc2nc3ccccc3c(=O)n2-c2ccc(F)c(Cl)c2)n1. The van der Waals surface area contributed by atoms with Crippen LogP contribution in [-0.2, 0) is 6.42 Å². The van der Waals surface area contributed by atoms with Gasteiger partial charge in [-0.15, -0.1) is 0 Å². The number of halogens is 2. The highest BCUT2D eigenvalue weighted by Crippen LogP contribution is 2.34. The normalized spacial score (nSPS) is 12.4. The highest BCUT2D eigenvalue weighted by atomic mass is 35.5. The Kier molecular flexibility index (Phi) is 5.38. The second-order valence-electron chi connectivity index (χ2n) is 6.31. The second kappa shape index (κ2) is 7.96. The smallest absolute Gasteiger partial charge is 0.266 e. The zero-order chi connectivity index (χ0) is 20.5. The van der Waals surface area contributed by atoms with Crippen LogP contribution in [0.15, 0.2) is 56.9 Å². The molecule has 6 nitrogen and oxygen atoms in total. The van der Waals surface area contributed by atoms with Crippen molar-refractivity contribution in [1.82, 2.24) is 19.7 Å². The fourth-order valence-corrected chi connectivity index (χ4v) is 3.96. The summed E-state index contributed by atoms with van der Waals surface area (Å²) in [5.74, 6) is 0.498. The van der Waals surface area contributed by atoms with E-state index >= 15 is 0 Å². The van der Waals surface area contributed by atoms with Crippen molar-refractivity contribution in [1.29, 1.82) is 0 Å². The lowest BCUT2D eigenvalue weighted by Gasteiger charge is -2.15. The van der Waals surface area contributed by atoms with E-state index < -0.39 is 5.82 Å². The van der Waals surface area contributed by atoms with Crippen molar-refractivity contribution in [3.8, 4) is 5.69 Å². The van der Waals surface area contributed by atoms with Crippen molar-refractivity contribution >= 4 is 34.3 Å². The largest absolute Gasteiger partial charge is 0.338 e. The number of benzene rings is 2. The van der Waals surface area contributed by atoms with E-state index in [1.807, 2.05) is 19.9 Å². The van der Waals surface area contributed by atoms with Gasteiger partial charge in [0.2, 0.25) is 5.89 Å². The lowest BCUT2D eigenvalue weighted by Crippen LogP contribution is -2.22. The van der Waals surface area contributed by atoms with E-state index in [1.165, 1.54) is 34.5 Å². The van der Waals surface area contributed by atoms with Crippen molar-refractivity contribution in [3.63, 3.8) is 0 Å². The Bertz CT molecular complexity index is 1260. The molecule has 0 amide bonds. The molecule has 0 fully saturated rings. The summed E-state index contributed by atoms with van der Waals surface area (Å²) in [6.45, 7) is 3.83. The van der Waals surface area contributed by atoms with Gasteiger partial charge in [-0.05, 0) is 37.3 Å². The number of fused-ring (bicyclic) bond motifs is 1. The molecule has 0 N–H and O–H groups in total. The van der Waals surface area contributed by atoms with Crippen molar-refractivity contribution in [2.24, 2.45) is 0 Å². The molecule has 148 valence electrons. The lowest BCUT2D eigenvalue weighted by molar-refractivity contribution is 0.375. The number of nitrogens with zero attached hydrogens (tertiary/aromatic N) is 4. The molecule has 0 bridgehead atoms. The minimum absolute atomic E-state index is 0.0731. The van der Waals surface area contributed by atoms with Gasteiger partial charge < -0.3 is 4.52 Å². The number of hydrogen-bond acceptors (Lipinski definition) is 6. The van der Waals surface area contributed by atoms with E-state index in [1.54, 1.807) is 18.2 Å². The van der Waals surface area contributed by atoms with E-state index in [-0.39, 0.29) is 15.8 Å². The number of thioether (sulfide) groups is 1. The summed E-state index contributed by atoms with van der Waals surface area (Å²) in [7, 11) is 0. The first-order valence-electron chi connectivity index (χ1n) is 8.94. The maximum atomic E-state index is 13.7. The summed E-state index contributed by atoms with van der Waals surface area (Å²) >= 11 is 7.26. The average molecular weight is 431 g/mol. The first-order valence-corrected chi connectivity index (χ1v) is 10.2. The van der Waals surface area contributed by atoms with Gasteiger partial charge >= 0.3 is 0 Å². The Morgan fingerprint density at radius 1 is 1.24 bits per heavy atom. The van der Waals surface area contributed by atoms with E-state index in [9.17, 15) is 9.18 Å². The molecule has 0 aliphatic carbocycles. The Morgan fingerprint density at radius 2 is 2.03 bits per heavy atom. The molecule has 0 aliphatic rings. The summed E-state index contributed by atoms with van der Waals surface area (Å²) in [5, 5.41) is 4.47. The van der Waals surface area contributed by atoms with Crippen LogP contribution in [-0.4, -0.2) is 19.7 Å². The fraction of sp³-hybridized carbons (Fsp3) is 0.200. The van der Waals surface area contributed by atoms with Crippen LogP contribution in [0.3, 0.4) is 0 Å². The van der Waals surface area contributed by atoms with Gasteiger partial charge in [0.1, 0.15) is 5.82 Å². The first-order chi connectivity index (χ1) is 14.0. The molecule has 0 saturated heterocycles. The van der Waals surface area contributed by atoms with Gasteiger partial charge in [-0.3, -0.25) is 9.36 Å². The van der Waals surface area contributed by atoms with E-state index in [4.69, 9.17) is 16.1 Å². The van der Waals surface area contributed by atoms with Crippen molar-refractivity contribution in [3.05, 3.63) is 75.4 Å². The molecule has 29 heavy (non-hydrogen) atoms. The molecule has 0 saturated carbocycles. The van der Waals surface area contributed by atoms with Gasteiger partial charge in [0, 0.05) is 6.42 Å². The van der Waals surface area contributed by atoms with Crippen LogP contribution in [0, 0.1) is 5.82 Å². The van der Waals surface area contributed by atoms with Gasteiger partial charge in [-0.1, -0.05) is 47.6 Å². The molecule has 4 rings (SSSR count). The van der Waals surface area contributed by atoms with Gasteiger partial charge in [-0.2, -0.15) is 4.98 Å². The third-order valence-corrected chi connectivity index (χ3v) is 5.67. The molecule has 0 radical (unpaired) electrons. The van der Waals surface area contributed by atoms with Crippen LogP contribution in [0.4, 0.5) is 4.39 Å². The van der Waals surface area contributed by atoms with Gasteiger partial charge in [0.15, 0.2) is 11.0 Å². The molecule has 0 spiro atoms. The highest BCUT2D eigenvalue weighted by Gasteiger charge is 2.21. The minimum atomic E-state index is -0.558. The van der Waals surface area contributed by atoms with Crippen LogP contribution < -0.4 is 5.56 Å². The van der Waals surface area contributed by atoms with E-state index in [0.717, 1.165) is 0 Å². The highest BCUT2D eigenvalue weighted by molar-refractivity contribution is 7.99. The van der Waals surface area contributed by atoms with Gasteiger partial charge in [-0.25, -0.2) is 9.37 Å². The maximum absolute atomic E-state index is 13.7. The topological polar surface area (TPSA) is 73.8 Å². The zero-order valence-corrected chi connectivity index (χ0v) is 17.2. The lowest BCUT2D eigenvalue weighted by atomic mass is 10.2. The average Bonchev–Trinajstić information content (AvgIpc) is 3.20. The summed E-state index contributed by atoms with van der Waals surface area (Å²) in [5.41, 5.74) is 0.721. The summed E-state index contributed by atoms with van der Waals surface area (Å²) in [6, 6.07) is 11.2. The quantitative estimate of drug-likeness (QED) is 0.328. The number of aryl methyl sites for hydroxylation is 1. The van der Waals surface area contributed by atoms with Crippen LogP contribution >= 0.6 is 23.4 Å². The molecule has 9 heteroatoms. The number of aromatic nitrogens is 4. The van der Waals surface area contributed by atoms with Crippen molar-refractivity contribution in [2.75, 3.05) is 0 Å². The predicted molar refractivity (Wildman–Crippen MR) is 110 cm³/mol. The number of hydrogen-bond donors (Lipinski definition) is 0. The standard InChI is InChI=1S/C20H16ClFN4O2S/c1-3-17-24-18(28-25-17)11(2)29-20-23-16-7-5-4-6-13(16)19(27)26(20)12-8-9-15(22)14(21)10-12/h4-11H,3H2,1-2H3. The fourth-order valence-electron chi connectivity index (χ4n) is 2.83. The van der Waals surface area contributed by atoms with E-state index in [2.05, 4.69) is 15.1 Å². The number of rotatable bonds is 5. The van der Waals surface area contributed by atoms with Crippen molar-refractivity contribution < 1.29 is 8.91 Å². The van der Waals surface area contributed by atoms with Crippen LogP contribution in [0.5, 0.6) is 0 Å². The Balaban J connectivity index is 1.87. The molecule has 1 unspecified atom stereocenters. The Labute approximate surface area is 174 Å². The molecule has 4 aromatic rings. The summed E-state index contributed by atoms with van der Waals surface area (Å²) in [6.07, 6.45) is 0.661. The predicted octanol–water partition coefficient (Wildman–Crippen LogP) is 4.98. The summed E-state index contributed by atoms with van der Waals surface area (Å²) < 4.78 is 20.4. The second-order valence-corrected chi connectivity index (χ2v) is 8.03. The maximum Gasteiger partial charge on any atom is 0.266 e. The Hall–Kier alpha value is -2.71. The van der Waals surface area contributed by atoms with Crippen LogP contribution in [0.25, 0.3) is 16.6 Å². The van der Waals surface area contributed by atoms with Crippen LogP contribution in [0.2, 0.25) is 5.02 Å². The van der Waals surface area contributed by atoms with E-state index in [0.29, 0.717) is 39.9 Å². The Morgan fingerprint density at radius 3 is 2.76 bits per heavy atom. The van der Waals surface area contributed by atoms with Crippen LogP contribution in [0.1, 0.15) is 30.8 Å². The number of para-hydroxylation sites is 1. The van der Waals surface area contributed by atoms with Gasteiger partial charge in [0.25, 0.3) is 5.56 Å². The van der Waals surface area contributed by atoms with Gasteiger partial charge in [0.05, 0.1) is 26.9 Å². The monoisotopic (exact) mass is 430 g/mol. The third kappa shape index (κ3) is 3.77. The molecular formula is C20H16ClFN4O2S. The molecule has 1 atom stereocenters. The molecule has 2 aromatic carbocycles. The van der Waals surface area contributed by atoms with Crippen molar-refractivity contribution in [2.45, 2.75) is 30.7 Å². The minimum Gasteiger partial charge on any atom is -0.338 e. The molecule has 2 heterocycles.